The third-order valence-corrected chi connectivity index (χ3v) is 5.16. The summed E-state index contributed by atoms with van der Waals surface area (Å²) in [7, 11) is 0. The van der Waals surface area contributed by atoms with Crippen LogP contribution < -0.4 is 10.9 Å². The number of hydrogen-bond acceptors (Lipinski definition) is 5. The first-order chi connectivity index (χ1) is 12.4. The zero-order chi connectivity index (χ0) is 18.4. The van der Waals surface area contributed by atoms with Gasteiger partial charge in [0.25, 0.3) is 5.56 Å². The summed E-state index contributed by atoms with van der Waals surface area (Å²) in [5.41, 5.74) is 1.93. The van der Waals surface area contributed by atoms with E-state index in [2.05, 4.69) is 15.4 Å². The van der Waals surface area contributed by atoms with Gasteiger partial charge in [0.05, 0.1) is 16.2 Å². The maximum Gasteiger partial charge on any atom is 0.299 e. The van der Waals surface area contributed by atoms with Crippen LogP contribution in [0.4, 0.5) is 5.69 Å². The van der Waals surface area contributed by atoms with Crippen LogP contribution in [0, 0.1) is 13.8 Å². The van der Waals surface area contributed by atoms with E-state index in [9.17, 15) is 9.59 Å². The molecule has 1 amide bonds. The number of benzene rings is 1. The molecule has 0 spiro atoms. The van der Waals surface area contributed by atoms with Crippen LogP contribution in [0.15, 0.2) is 35.1 Å². The molecule has 0 saturated heterocycles. The summed E-state index contributed by atoms with van der Waals surface area (Å²) in [6, 6.07) is 8.79. The van der Waals surface area contributed by atoms with Crippen LogP contribution in [0.2, 0.25) is 5.02 Å². The molecule has 0 bridgehead atoms. The number of hydrogen-bond donors (Lipinski definition) is 1. The van der Waals surface area contributed by atoms with Gasteiger partial charge in [0.1, 0.15) is 17.1 Å². The van der Waals surface area contributed by atoms with Crippen molar-refractivity contribution in [3.05, 3.63) is 56.4 Å². The van der Waals surface area contributed by atoms with E-state index in [-0.39, 0.29) is 18.0 Å². The molecule has 4 rings (SSSR count). The highest BCUT2D eigenvalue weighted by atomic mass is 35.5. The number of amides is 1. The Morgan fingerprint density at radius 2 is 2.08 bits per heavy atom. The summed E-state index contributed by atoms with van der Waals surface area (Å²) in [6.07, 6.45) is 0. The number of halogens is 1. The maximum absolute atomic E-state index is 12.8. The fourth-order valence-corrected chi connectivity index (χ4v) is 3.78. The highest BCUT2D eigenvalue weighted by Crippen LogP contribution is 2.21. The molecule has 3 heterocycles. The van der Waals surface area contributed by atoms with E-state index in [1.807, 2.05) is 13.8 Å². The van der Waals surface area contributed by atoms with Gasteiger partial charge in [0.15, 0.2) is 0 Å². The van der Waals surface area contributed by atoms with Crippen LogP contribution in [0.3, 0.4) is 0 Å². The molecule has 132 valence electrons. The fraction of sp³-hybridized carbons (Fsp3) is 0.176. The van der Waals surface area contributed by atoms with Crippen LogP contribution in [0.25, 0.3) is 16.0 Å². The molecule has 0 aliphatic carbocycles. The van der Waals surface area contributed by atoms with E-state index in [4.69, 9.17) is 11.6 Å². The highest BCUT2D eigenvalue weighted by molar-refractivity contribution is 7.16. The monoisotopic (exact) mass is 387 g/mol. The number of para-hydroxylation sites is 1. The quantitative estimate of drug-likeness (QED) is 0.586. The third-order valence-electron chi connectivity index (χ3n) is 4.01. The second-order valence-corrected chi connectivity index (χ2v) is 7.43. The summed E-state index contributed by atoms with van der Waals surface area (Å²) in [6.45, 7) is 3.63. The number of nitrogens with zero attached hydrogens (tertiary/aromatic N) is 4. The number of anilines is 1. The van der Waals surface area contributed by atoms with Crippen molar-refractivity contribution in [1.29, 1.82) is 0 Å². The predicted molar refractivity (Wildman–Crippen MR) is 102 cm³/mol. The first kappa shape index (κ1) is 16.7. The molecule has 0 unspecified atom stereocenters. The van der Waals surface area contributed by atoms with Crippen LogP contribution in [-0.4, -0.2) is 25.1 Å². The van der Waals surface area contributed by atoms with Gasteiger partial charge in [-0.1, -0.05) is 35.1 Å². The van der Waals surface area contributed by atoms with E-state index in [0.717, 1.165) is 10.7 Å². The first-order valence-corrected chi connectivity index (χ1v) is 9.04. The van der Waals surface area contributed by atoms with Crippen LogP contribution >= 0.6 is 22.9 Å². The van der Waals surface area contributed by atoms with Gasteiger partial charge in [-0.2, -0.15) is 9.61 Å². The lowest BCUT2D eigenvalue weighted by molar-refractivity contribution is -0.116. The number of carbonyl (C=O) groups is 1. The van der Waals surface area contributed by atoms with Gasteiger partial charge in [0, 0.05) is 5.69 Å². The van der Waals surface area contributed by atoms with Gasteiger partial charge in [-0.15, -0.1) is 0 Å². The zero-order valence-corrected chi connectivity index (χ0v) is 15.6. The van der Waals surface area contributed by atoms with Crippen LogP contribution in [-0.2, 0) is 11.3 Å². The molecular formula is C17H14ClN5O2S. The SMILES string of the molecule is Cc1nn2c(=O)c3c(cc(C)n3CC(=O)Nc3ccccc3Cl)nc2s1. The predicted octanol–water partition coefficient (Wildman–Crippen LogP) is 3.01. The molecule has 0 aliphatic rings. The normalized spacial score (nSPS) is 11.3. The Hall–Kier alpha value is -2.71. The van der Waals surface area contributed by atoms with Crippen LogP contribution in [0.1, 0.15) is 10.7 Å². The van der Waals surface area contributed by atoms with E-state index in [0.29, 0.717) is 26.7 Å². The van der Waals surface area contributed by atoms with Crippen molar-refractivity contribution in [1.82, 2.24) is 19.2 Å². The molecule has 0 radical (unpaired) electrons. The number of aromatic nitrogens is 4. The molecule has 0 atom stereocenters. The summed E-state index contributed by atoms with van der Waals surface area (Å²) < 4.78 is 2.93. The summed E-state index contributed by atoms with van der Waals surface area (Å²) in [5, 5.41) is 8.17. The Bertz CT molecular complexity index is 1220. The fourth-order valence-electron chi connectivity index (χ4n) is 2.85. The Labute approximate surface area is 156 Å². The Balaban J connectivity index is 1.75. The van der Waals surface area contributed by atoms with E-state index in [1.165, 1.54) is 15.9 Å². The molecule has 1 aromatic carbocycles. The van der Waals surface area contributed by atoms with Crippen molar-refractivity contribution in [3.63, 3.8) is 0 Å². The van der Waals surface area contributed by atoms with E-state index >= 15 is 0 Å². The Morgan fingerprint density at radius 1 is 1.31 bits per heavy atom. The van der Waals surface area contributed by atoms with E-state index in [1.54, 1.807) is 34.9 Å². The van der Waals surface area contributed by atoms with Crippen molar-refractivity contribution >= 4 is 50.5 Å². The van der Waals surface area contributed by atoms with Gasteiger partial charge in [-0.05, 0) is 32.0 Å². The molecule has 0 aliphatic heterocycles. The molecule has 0 saturated carbocycles. The first-order valence-electron chi connectivity index (χ1n) is 7.85. The highest BCUT2D eigenvalue weighted by Gasteiger charge is 2.17. The molecule has 7 nitrogen and oxygen atoms in total. The summed E-state index contributed by atoms with van der Waals surface area (Å²) in [5.74, 6) is -0.280. The summed E-state index contributed by atoms with van der Waals surface area (Å²) in [4.78, 5) is 30.3. The molecule has 9 heteroatoms. The lowest BCUT2D eigenvalue weighted by atomic mass is 10.3. The van der Waals surface area contributed by atoms with Gasteiger partial charge in [-0.3, -0.25) is 9.59 Å². The van der Waals surface area contributed by atoms with Crippen molar-refractivity contribution in [3.8, 4) is 0 Å². The van der Waals surface area contributed by atoms with Crippen molar-refractivity contribution in [2.45, 2.75) is 20.4 Å². The average molecular weight is 388 g/mol. The molecule has 4 aromatic rings. The zero-order valence-electron chi connectivity index (χ0n) is 14.0. The Morgan fingerprint density at radius 3 is 2.85 bits per heavy atom. The third kappa shape index (κ3) is 2.77. The standard InChI is InChI=1S/C17H14ClN5O2S/c1-9-7-13-15(16(25)23-17(20-13)26-10(2)21-23)22(9)8-14(24)19-12-6-4-3-5-11(12)18/h3-7H,8H2,1-2H3,(H,19,24). The number of fused-ring (bicyclic) bond motifs is 2. The minimum Gasteiger partial charge on any atom is -0.330 e. The average Bonchev–Trinajstić information content (AvgIpc) is 3.10. The number of rotatable bonds is 3. The van der Waals surface area contributed by atoms with Crippen molar-refractivity contribution < 1.29 is 4.79 Å². The molecule has 3 aromatic heterocycles. The Kier molecular flexibility index (Phi) is 4.01. The minimum atomic E-state index is -0.284. The lowest BCUT2D eigenvalue weighted by Gasteiger charge is -2.10. The number of carbonyl (C=O) groups excluding carboxylic acids is 1. The molecule has 26 heavy (non-hydrogen) atoms. The number of aryl methyl sites for hydroxylation is 2. The van der Waals surface area contributed by atoms with Crippen LogP contribution in [0.5, 0.6) is 0 Å². The van der Waals surface area contributed by atoms with Gasteiger partial charge in [0.2, 0.25) is 10.9 Å². The van der Waals surface area contributed by atoms with Gasteiger partial charge < -0.3 is 9.88 Å². The maximum atomic E-state index is 12.8. The topological polar surface area (TPSA) is 81.3 Å². The molecule has 1 N–H and O–H groups in total. The molecule has 0 fully saturated rings. The smallest absolute Gasteiger partial charge is 0.299 e. The van der Waals surface area contributed by atoms with E-state index < -0.39 is 0 Å². The van der Waals surface area contributed by atoms with Gasteiger partial charge >= 0.3 is 0 Å². The van der Waals surface area contributed by atoms with Gasteiger partial charge in [-0.25, -0.2) is 4.98 Å². The minimum absolute atomic E-state index is 0.0212. The number of nitrogens with one attached hydrogen (secondary N) is 1. The van der Waals surface area contributed by atoms with Crippen molar-refractivity contribution in [2.75, 3.05) is 5.32 Å². The lowest BCUT2D eigenvalue weighted by Crippen LogP contribution is -2.23. The second kappa shape index (κ2) is 6.22. The molecular weight excluding hydrogens is 374 g/mol. The van der Waals surface area contributed by atoms with Crippen molar-refractivity contribution in [2.24, 2.45) is 0 Å². The summed E-state index contributed by atoms with van der Waals surface area (Å²) >= 11 is 7.43. The largest absolute Gasteiger partial charge is 0.330 e. The second-order valence-electron chi connectivity index (χ2n) is 5.87.